The van der Waals surface area contributed by atoms with Crippen molar-refractivity contribution in [3.05, 3.63) is 46.6 Å². The number of nitrogens with one attached hydrogen (secondary N) is 1. The Labute approximate surface area is 110 Å². The highest BCUT2D eigenvalue weighted by molar-refractivity contribution is 8.02. The summed E-state index contributed by atoms with van der Waals surface area (Å²) in [5.74, 6) is 0.954. The Kier molecular flexibility index (Phi) is 2.83. The van der Waals surface area contributed by atoms with E-state index < -0.39 is 0 Å². The molecule has 0 amide bonds. The topological polar surface area (TPSA) is 42.7 Å². The SMILES string of the molecule is CCc1nnc2n1NC(c1ccc(C)cc1)=CS2. The van der Waals surface area contributed by atoms with Crippen molar-refractivity contribution in [2.75, 3.05) is 5.43 Å². The van der Waals surface area contributed by atoms with E-state index in [-0.39, 0.29) is 0 Å². The lowest BCUT2D eigenvalue weighted by Gasteiger charge is -2.18. The molecule has 2 heterocycles. The monoisotopic (exact) mass is 258 g/mol. The Morgan fingerprint density at radius 2 is 2.00 bits per heavy atom. The molecule has 0 spiro atoms. The molecular formula is C13H14N4S. The number of aryl methyl sites for hydroxylation is 2. The van der Waals surface area contributed by atoms with E-state index in [0.29, 0.717) is 0 Å². The Morgan fingerprint density at radius 1 is 1.22 bits per heavy atom. The van der Waals surface area contributed by atoms with Gasteiger partial charge in [-0.25, -0.2) is 4.68 Å². The molecule has 92 valence electrons. The molecule has 0 radical (unpaired) electrons. The second-order valence-corrected chi connectivity index (χ2v) is 5.05. The number of hydrogen-bond acceptors (Lipinski definition) is 4. The smallest absolute Gasteiger partial charge is 0.214 e. The van der Waals surface area contributed by atoms with Crippen LogP contribution in [-0.2, 0) is 6.42 Å². The molecule has 0 unspecified atom stereocenters. The van der Waals surface area contributed by atoms with Gasteiger partial charge in [-0.15, -0.1) is 10.2 Å². The highest BCUT2D eigenvalue weighted by Crippen LogP contribution is 2.28. The molecule has 0 fully saturated rings. The van der Waals surface area contributed by atoms with E-state index in [1.165, 1.54) is 11.1 Å². The molecule has 1 aromatic heterocycles. The van der Waals surface area contributed by atoms with Crippen LogP contribution in [0.2, 0.25) is 0 Å². The Morgan fingerprint density at radius 3 is 2.72 bits per heavy atom. The minimum atomic E-state index is 0.863. The van der Waals surface area contributed by atoms with E-state index in [9.17, 15) is 0 Å². The first kappa shape index (κ1) is 11.3. The molecular weight excluding hydrogens is 244 g/mol. The van der Waals surface area contributed by atoms with Gasteiger partial charge < -0.3 is 0 Å². The molecule has 0 saturated heterocycles. The minimum absolute atomic E-state index is 0.863. The van der Waals surface area contributed by atoms with Crippen molar-refractivity contribution in [1.29, 1.82) is 0 Å². The van der Waals surface area contributed by atoms with Crippen LogP contribution in [0.1, 0.15) is 23.9 Å². The number of nitrogens with zero attached hydrogens (tertiary/aromatic N) is 3. The van der Waals surface area contributed by atoms with Crippen LogP contribution in [0.25, 0.3) is 5.70 Å². The fraction of sp³-hybridized carbons (Fsp3) is 0.231. The molecule has 18 heavy (non-hydrogen) atoms. The Balaban J connectivity index is 1.92. The fourth-order valence-electron chi connectivity index (χ4n) is 1.84. The van der Waals surface area contributed by atoms with E-state index in [4.69, 9.17) is 0 Å². The maximum Gasteiger partial charge on any atom is 0.214 e. The summed E-state index contributed by atoms with van der Waals surface area (Å²) in [7, 11) is 0. The van der Waals surface area contributed by atoms with Gasteiger partial charge in [-0.2, -0.15) is 0 Å². The van der Waals surface area contributed by atoms with Gasteiger partial charge in [0, 0.05) is 11.8 Å². The third kappa shape index (κ3) is 1.90. The lowest BCUT2D eigenvalue weighted by atomic mass is 10.1. The number of thioether (sulfide) groups is 1. The average Bonchev–Trinajstić information content (AvgIpc) is 2.81. The second kappa shape index (κ2) is 4.49. The largest absolute Gasteiger partial charge is 0.290 e. The van der Waals surface area contributed by atoms with Crippen molar-refractivity contribution in [1.82, 2.24) is 14.9 Å². The predicted octanol–water partition coefficient (Wildman–Crippen LogP) is 2.80. The first-order chi connectivity index (χ1) is 8.78. The molecule has 0 atom stereocenters. The molecule has 1 N–H and O–H groups in total. The van der Waals surface area contributed by atoms with Crippen molar-refractivity contribution < 1.29 is 0 Å². The maximum atomic E-state index is 4.15. The summed E-state index contributed by atoms with van der Waals surface area (Å²) in [5, 5.41) is 11.3. The van der Waals surface area contributed by atoms with Gasteiger partial charge in [0.25, 0.3) is 0 Å². The third-order valence-corrected chi connectivity index (χ3v) is 3.72. The summed E-state index contributed by atoms with van der Waals surface area (Å²) in [5.41, 5.74) is 6.89. The van der Waals surface area contributed by atoms with E-state index >= 15 is 0 Å². The Hall–Kier alpha value is -1.75. The number of aromatic nitrogens is 3. The molecule has 4 nitrogen and oxygen atoms in total. The van der Waals surface area contributed by atoms with E-state index in [1.54, 1.807) is 11.8 Å². The average molecular weight is 258 g/mol. The number of fused-ring (bicyclic) bond motifs is 1. The predicted molar refractivity (Wildman–Crippen MR) is 73.8 cm³/mol. The van der Waals surface area contributed by atoms with Crippen LogP contribution in [0.3, 0.4) is 0 Å². The summed E-state index contributed by atoms with van der Waals surface area (Å²) in [4.78, 5) is 0. The second-order valence-electron chi connectivity index (χ2n) is 4.21. The summed E-state index contributed by atoms with van der Waals surface area (Å²) >= 11 is 1.60. The van der Waals surface area contributed by atoms with Crippen LogP contribution in [-0.4, -0.2) is 14.9 Å². The zero-order valence-corrected chi connectivity index (χ0v) is 11.2. The molecule has 0 aliphatic carbocycles. The van der Waals surface area contributed by atoms with E-state index in [0.717, 1.165) is 23.1 Å². The van der Waals surface area contributed by atoms with Crippen molar-refractivity contribution in [2.45, 2.75) is 25.4 Å². The first-order valence-corrected chi connectivity index (χ1v) is 6.81. The van der Waals surface area contributed by atoms with Crippen LogP contribution in [0.15, 0.2) is 34.8 Å². The molecule has 2 aromatic rings. The third-order valence-electron chi connectivity index (χ3n) is 2.89. The summed E-state index contributed by atoms with van der Waals surface area (Å²) in [6.07, 6.45) is 0.863. The molecule has 1 aliphatic rings. The van der Waals surface area contributed by atoms with Crippen molar-refractivity contribution >= 4 is 17.5 Å². The Bertz CT molecular complexity index is 598. The van der Waals surface area contributed by atoms with Gasteiger partial charge in [0.05, 0.1) is 5.70 Å². The maximum absolute atomic E-state index is 4.15. The van der Waals surface area contributed by atoms with Crippen LogP contribution < -0.4 is 5.43 Å². The van der Waals surface area contributed by atoms with Crippen molar-refractivity contribution in [3.8, 4) is 0 Å². The van der Waals surface area contributed by atoms with Crippen LogP contribution >= 0.6 is 11.8 Å². The number of rotatable bonds is 2. The first-order valence-electron chi connectivity index (χ1n) is 5.93. The minimum Gasteiger partial charge on any atom is -0.290 e. The summed E-state index contributed by atoms with van der Waals surface area (Å²) in [6, 6.07) is 8.47. The van der Waals surface area contributed by atoms with E-state index in [2.05, 4.69) is 59.1 Å². The van der Waals surface area contributed by atoms with Gasteiger partial charge in [0.1, 0.15) is 0 Å². The lowest BCUT2D eigenvalue weighted by Crippen LogP contribution is -2.19. The van der Waals surface area contributed by atoms with Crippen LogP contribution in [0.4, 0.5) is 0 Å². The zero-order chi connectivity index (χ0) is 12.5. The standard InChI is InChI=1S/C13H14N4S/c1-3-12-14-15-13-17(12)16-11(8-18-13)10-6-4-9(2)5-7-10/h4-8,16H,3H2,1-2H3. The van der Waals surface area contributed by atoms with E-state index in [1.807, 2.05) is 4.68 Å². The molecule has 1 aliphatic heterocycles. The normalized spacial score (nSPS) is 13.8. The number of hydrogen-bond donors (Lipinski definition) is 1. The quantitative estimate of drug-likeness (QED) is 0.899. The highest BCUT2D eigenvalue weighted by Gasteiger charge is 2.16. The van der Waals surface area contributed by atoms with Crippen LogP contribution in [0, 0.1) is 6.92 Å². The zero-order valence-electron chi connectivity index (χ0n) is 10.3. The number of benzene rings is 1. The fourth-order valence-corrected chi connectivity index (χ4v) is 2.60. The molecule has 5 heteroatoms. The van der Waals surface area contributed by atoms with Gasteiger partial charge in [0.15, 0.2) is 5.82 Å². The molecule has 0 bridgehead atoms. The van der Waals surface area contributed by atoms with Gasteiger partial charge in [-0.1, -0.05) is 48.5 Å². The summed E-state index contributed by atoms with van der Waals surface area (Å²) in [6.45, 7) is 4.17. The molecule has 3 rings (SSSR count). The lowest BCUT2D eigenvalue weighted by molar-refractivity contribution is 0.773. The van der Waals surface area contributed by atoms with Gasteiger partial charge in [0.2, 0.25) is 5.16 Å². The molecule has 1 aromatic carbocycles. The highest BCUT2D eigenvalue weighted by atomic mass is 32.2. The van der Waals surface area contributed by atoms with Gasteiger partial charge in [-0.05, 0) is 12.5 Å². The van der Waals surface area contributed by atoms with Crippen molar-refractivity contribution in [3.63, 3.8) is 0 Å². The molecule has 0 saturated carbocycles. The van der Waals surface area contributed by atoms with Crippen LogP contribution in [0.5, 0.6) is 0 Å². The van der Waals surface area contributed by atoms with Gasteiger partial charge >= 0.3 is 0 Å². The van der Waals surface area contributed by atoms with Crippen molar-refractivity contribution in [2.24, 2.45) is 0 Å². The summed E-state index contributed by atoms with van der Waals surface area (Å²) < 4.78 is 1.96. The van der Waals surface area contributed by atoms with Gasteiger partial charge in [-0.3, -0.25) is 5.43 Å².